The van der Waals surface area contributed by atoms with Crippen LogP contribution < -0.4 is 4.72 Å². The van der Waals surface area contributed by atoms with Gasteiger partial charge in [-0.05, 0) is 32.0 Å². The topological polar surface area (TPSA) is 91.5 Å². The van der Waals surface area contributed by atoms with Crippen LogP contribution in [0.25, 0.3) is 0 Å². The molecule has 1 N–H and O–H groups in total. The molecule has 0 saturated heterocycles. The van der Waals surface area contributed by atoms with Gasteiger partial charge in [0.1, 0.15) is 6.07 Å². The van der Waals surface area contributed by atoms with Gasteiger partial charge in [-0.1, -0.05) is 16.8 Å². The molecule has 0 saturated carbocycles. The van der Waals surface area contributed by atoms with Crippen molar-refractivity contribution in [3.05, 3.63) is 28.8 Å². The van der Waals surface area contributed by atoms with Gasteiger partial charge in [-0.25, -0.2) is 0 Å². The second kappa shape index (κ2) is 7.06. The van der Waals surface area contributed by atoms with E-state index in [1.807, 2.05) is 0 Å². The molecular weight excluding hydrogens is 359 g/mol. The third-order valence-corrected chi connectivity index (χ3v) is 3.78. The number of nitriles is 1. The summed E-state index contributed by atoms with van der Waals surface area (Å²) >= 11 is 5.76. The monoisotopic (exact) mass is 369 g/mol. The van der Waals surface area contributed by atoms with E-state index in [1.165, 1.54) is 30.7 Å². The molecule has 0 heterocycles. The number of halogens is 4. The average molecular weight is 370 g/mol. The van der Waals surface area contributed by atoms with Gasteiger partial charge in [0.05, 0.1) is 11.4 Å². The van der Waals surface area contributed by atoms with Gasteiger partial charge in [0.15, 0.2) is 0 Å². The number of nitrogens with one attached hydrogen (secondary N) is 1. The van der Waals surface area contributed by atoms with Gasteiger partial charge in [-0.2, -0.15) is 26.9 Å². The Bertz CT molecular complexity index is 757. The van der Waals surface area contributed by atoms with Crippen LogP contribution in [0.4, 0.5) is 18.9 Å². The molecule has 1 aromatic rings. The van der Waals surface area contributed by atoms with Crippen molar-refractivity contribution in [3.63, 3.8) is 0 Å². The van der Waals surface area contributed by atoms with Crippen LogP contribution in [0.5, 0.6) is 0 Å². The van der Waals surface area contributed by atoms with E-state index in [0.717, 1.165) is 6.07 Å². The third-order valence-electron chi connectivity index (χ3n) is 2.45. The minimum atomic E-state index is -5.60. The first-order chi connectivity index (χ1) is 10.5. The van der Waals surface area contributed by atoms with Crippen molar-refractivity contribution in [2.45, 2.75) is 25.5 Å². The highest BCUT2D eigenvalue weighted by atomic mass is 35.5. The van der Waals surface area contributed by atoms with E-state index in [1.54, 1.807) is 6.07 Å². The van der Waals surface area contributed by atoms with Gasteiger partial charge in [0, 0.05) is 10.6 Å². The lowest BCUT2D eigenvalue weighted by Gasteiger charge is -2.14. The Labute approximate surface area is 135 Å². The average Bonchev–Trinajstić information content (AvgIpc) is 2.44. The number of nitrogens with zero attached hydrogens (tertiary/aromatic N) is 2. The number of hydrogen-bond donors (Lipinski definition) is 1. The normalized spacial score (nSPS) is 14.0. The molecule has 0 radical (unpaired) electrons. The lowest BCUT2D eigenvalue weighted by Crippen LogP contribution is -2.30. The van der Waals surface area contributed by atoms with Gasteiger partial charge in [0.25, 0.3) is 0 Å². The Morgan fingerprint density at radius 3 is 2.61 bits per heavy atom. The van der Waals surface area contributed by atoms with Crippen molar-refractivity contribution in [1.29, 1.82) is 5.26 Å². The lowest BCUT2D eigenvalue weighted by molar-refractivity contribution is -0.0429. The van der Waals surface area contributed by atoms with Crippen LogP contribution in [0.15, 0.2) is 23.4 Å². The molecule has 6 nitrogen and oxygen atoms in total. The lowest BCUT2D eigenvalue weighted by atomic mass is 10.1. The van der Waals surface area contributed by atoms with Gasteiger partial charge < -0.3 is 4.84 Å². The molecule has 0 aromatic heterocycles. The van der Waals surface area contributed by atoms with E-state index in [-0.39, 0.29) is 22.0 Å². The Hall–Kier alpha value is -1.99. The van der Waals surface area contributed by atoms with Crippen molar-refractivity contribution in [1.82, 2.24) is 0 Å². The van der Waals surface area contributed by atoms with Crippen LogP contribution in [0.1, 0.15) is 19.4 Å². The number of oxime groups is 1. The highest BCUT2D eigenvalue weighted by Gasteiger charge is 2.46. The smallest absolute Gasteiger partial charge is 0.377 e. The fourth-order valence-electron chi connectivity index (χ4n) is 1.34. The molecule has 23 heavy (non-hydrogen) atoms. The second-order valence-corrected chi connectivity index (χ2v) is 6.40. The van der Waals surface area contributed by atoms with Gasteiger partial charge >= 0.3 is 15.5 Å². The molecule has 0 bridgehead atoms. The molecule has 1 rings (SSSR count). The predicted octanol–water partition coefficient (Wildman–Crippen LogP) is 3.25. The Morgan fingerprint density at radius 1 is 1.48 bits per heavy atom. The van der Waals surface area contributed by atoms with E-state index < -0.39 is 21.6 Å². The molecule has 1 atom stereocenters. The minimum absolute atomic E-state index is 0.0181. The van der Waals surface area contributed by atoms with E-state index in [4.69, 9.17) is 21.7 Å². The summed E-state index contributed by atoms with van der Waals surface area (Å²) in [7, 11) is -5.60. The summed E-state index contributed by atoms with van der Waals surface area (Å²) in [6, 6.07) is 5.23. The largest absolute Gasteiger partial charge is 0.516 e. The number of rotatable bonds is 5. The molecule has 0 aliphatic rings. The first-order valence-electron chi connectivity index (χ1n) is 5.97. The van der Waals surface area contributed by atoms with Gasteiger partial charge in [-0.3, -0.25) is 4.72 Å². The minimum Gasteiger partial charge on any atom is -0.377 e. The number of anilines is 1. The number of sulfonamides is 1. The SMILES string of the molecule is CC(=NOC(C)C#N)c1cc(Cl)ccc1NS(=O)(=O)C(F)(F)F. The van der Waals surface area contributed by atoms with Gasteiger partial charge in [0.2, 0.25) is 6.10 Å². The Morgan fingerprint density at radius 2 is 2.09 bits per heavy atom. The highest BCUT2D eigenvalue weighted by Crippen LogP contribution is 2.28. The zero-order valence-electron chi connectivity index (χ0n) is 11.8. The van der Waals surface area contributed by atoms with E-state index in [0.29, 0.717) is 0 Å². The summed E-state index contributed by atoms with van der Waals surface area (Å²) < 4.78 is 61.2. The van der Waals surface area contributed by atoms with Crippen molar-refractivity contribution >= 4 is 33.0 Å². The van der Waals surface area contributed by atoms with Crippen molar-refractivity contribution in [2.24, 2.45) is 5.16 Å². The van der Waals surface area contributed by atoms with Crippen molar-refractivity contribution in [3.8, 4) is 6.07 Å². The summed E-state index contributed by atoms with van der Waals surface area (Å²) in [5.74, 6) is 0. The fraction of sp³-hybridized carbons (Fsp3) is 0.333. The number of alkyl halides is 3. The van der Waals surface area contributed by atoms with Crippen molar-refractivity contribution in [2.75, 3.05) is 4.72 Å². The fourth-order valence-corrected chi connectivity index (χ4v) is 2.09. The first kappa shape index (κ1) is 19.1. The summed E-state index contributed by atoms with van der Waals surface area (Å²) in [6.45, 7) is 2.77. The molecule has 126 valence electrons. The Balaban J connectivity index is 3.24. The quantitative estimate of drug-likeness (QED) is 0.637. The maximum Gasteiger partial charge on any atom is 0.516 e. The highest BCUT2D eigenvalue weighted by molar-refractivity contribution is 7.93. The maximum atomic E-state index is 12.5. The van der Waals surface area contributed by atoms with Crippen LogP contribution in [-0.4, -0.2) is 25.7 Å². The summed E-state index contributed by atoms with van der Waals surface area (Å²) in [6.07, 6.45) is -0.889. The molecular formula is C12H11ClF3N3O3S. The molecule has 0 spiro atoms. The molecule has 11 heteroatoms. The summed E-state index contributed by atoms with van der Waals surface area (Å²) in [5, 5.41) is 12.3. The summed E-state index contributed by atoms with van der Waals surface area (Å²) in [4.78, 5) is 4.78. The third kappa shape index (κ3) is 5.01. The predicted molar refractivity (Wildman–Crippen MR) is 78.4 cm³/mol. The van der Waals surface area contributed by atoms with Crippen LogP contribution in [0.3, 0.4) is 0 Å². The van der Waals surface area contributed by atoms with Crippen LogP contribution >= 0.6 is 11.6 Å². The van der Waals surface area contributed by atoms with E-state index in [9.17, 15) is 21.6 Å². The number of benzene rings is 1. The second-order valence-electron chi connectivity index (χ2n) is 4.29. The summed E-state index contributed by atoms with van der Waals surface area (Å²) in [5.41, 5.74) is -5.83. The molecule has 1 aromatic carbocycles. The zero-order chi connectivity index (χ0) is 17.8. The molecule has 0 aliphatic carbocycles. The number of hydrogen-bond acceptors (Lipinski definition) is 5. The van der Waals surface area contributed by atoms with E-state index >= 15 is 0 Å². The molecule has 1 unspecified atom stereocenters. The molecule has 0 aliphatic heterocycles. The zero-order valence-corrected chi connectivity index (χ0v) is 13.4. The molecule has 0 amide bonds. The maximum absolute atomic E-state index is 12.5. The standard InChI is InChI=1S/C12H11ClF3N3O3S/c1-7(6-17)22-18-8(2)10-5-9(13)3-4-11(10)19-23(20,21)12(14,15)16/h3-5,7,19H,1-2H3. The first-order valence-corrected chi connectivity index (χ1v) is 7.83. The Kier molecular flexibility index (Phi) is 5.85. The van der Waals surface area contributed by atoms with Crippen LogP contribution in [-0.2, 0) is 14.9 Å². The van der Waals surface area contributed by atoms with Crippen molar-refractivity contribution < 1.29 is 26.4 Å². The van der Waals surface area contributed by atoms with E-state index in [2.05, 4.69) is 5.16 Å². The van der Waals surface area contributed by atoms with Gasteiger partial charge in [-0.15, -0.1) is 0 Å². The molecule has 0 fully saturated rings. The van der Waals surface area contributed by atoms with Crippen LogP contribution in [0.2, 0.25) is 5.02 Å². The van der Waals surface area contributed by atoms with Crippen LogP contribution in [0, 0.1) is 11.3 Å².